The van der Waals surface area contributed by atoms with E-state index in [0.717, 1.165) is 25.7 Å². The second-order valence-electron chi connectivity index (χ2n) is 3.97. The molecule has 3 N–H and O–H groups in total. The standard InChI is InChI=1S/C9H15N3O2/c10-11-8(13)7-2-1-5-12(7)9(14)6-3-4-6/h6-7H,1-5,10H2,(H,11,13). The second-order valence-corrected chi connectivity index (χ2v) is 3.97. The summed E-state index contributed by atoms with van der Waals surface area (Å²) in [6.07, 6.45) is 3.59. The molecule has 0 bridgehead atoms. The van der Waals surface area contributed by atoms with E-state index in [0.29, 0.717) is 6.54 Å². The van der Waals surface area contributed by atoms with Gasteiger partial charge in [0, 0.05) is 12.5 Å². The molecule has 2 rings (SSSR count). The molecular formula is C9H15N3O2. The minimum absolute atomic E-state index is 0.135. The minimum atomic E-state index is -0.326. The van der Waals surface area contributed by atoms with E-state index in [4.69, 9.17) is 5.84 Å². The van der Waals surface area contributed by atoms with Gasteiger partial charge in [0.1, 0.15) is 6.04 Å². The molecule has 0 aromatic rings. The summed E-state index contributed by atoms with van der Waals surface area (Å²) in [6.45, 7) is 0.702. The van der Waals surface area contributed by atoms with Gasteiger partial charge in [-0.2, -0.15) is 0 Å². The average molecular weight is 197 g/mol. The van der Waals surface area contributed by atoms with Crippen LogP contribution in [0.15, 0.2) is 0 Å². The first-order valence-electron chi connectivity index (χ1n) is 5.05. The predicted octanol–water partition coefficient (Wildman–Crippen LogP) is -0.623. The lowest BCUT2D eigenvalue weighted by Crippen LogP contribution is -2.48. The van der Waals surface area contributed by atoms with Gasteiger partial charge in [-0.15, -0.1) is 0 Å². The van der Waals surface area contributed by atoms with Crippen molar-refractivity contribution in [1.82, 2.24) is 10.3 Å². The molecule has 2 amide bonds. The smallest absolute Gasteiger partial charge is 0.256 e. The summed E-state index contributed by atoms with van der Waals surface area (Å²) in [5.41, 5.74) is 2.12. The van der Waals surface area contributed by atoms with Gasteiger partial charge in [0.25, 0.3) is 5.91 Å². The third-order valence-corrected chi connectivity index (χ3v) is 2.91. The number of hydrogen-bond acceptors (Lipinski definition) is 3. The molecule has 78 valence electrons. The first-order chi connectivity index (χ1) is 6.74. The summed E-state index contributed by atoms with van der Waals surface area (Å²) in [5, 5.41) is 0. The Morgan fingerprint density at radius 1 is 1.29 bits per heavy atom. The van der Waals surface area contributed by atoms with Crippen LogP contribution in [0.25, 0.3) is 0 Å². The van der Waals surface area contributed by atoms with Gasteiger partial charge in [0.15, 0.2) is 0 Å². The van der Waals surface area contributed by atoms with Gasteiger partial charge >= 0.3 is 0 Å². The molecule has 1 aliphatic carbocycles. The SMILES string of the molecule is NNC(=O)C1CCCN1C(=O)C1CC1. The number of nitrogens with two attached hydrogens (primary N) is 1. The molecule has 1 saturated carbocycles. The molecule has 1 saturated heterocycles. The highest BCUT2D eigenvalue weighted by Crippen LogP contribution is 2.33. The van der Waals surface area contributed by atoms with Crippen LogP contribution < -0.4 is 11.3 Å². The van der Waals surface area contributed by atoms with Crippen molar-refractivity contribution in [2.24, 2.45) is 11.8 Å². The topological polar surface area (TPSA) is 75.4 Å². The van der Waals surface area contributed by atoms with E-state index >= 15 is 0 Å². The average Bonchev–Trinajstić information content (AvgIpc) is 2.93. The highest BCUT2D eigenvalue weighted by atomic mass is 16.2. The van der Waals surface area contributed by atoms with Crippen LogP contribution in [0.3, 0.4) is 0 Å². The monoisotopic (exact) mass is 197 g/mol. The van der Waals surface area contributed by atoms with Crippen LogP contribution >= 0.6 is 0 Å². The summed E-state index contributed by atoms with van der Waals surface area (Å²) in [6, 6.07) is -0.326. The first-order valence-corrected chi connectivity index (χ1v) is 5.05. The van der Waals surface area contributed by atoms with Crippen molar-refractivity contribution in [1.29, 1.82) is 0 Å². The Labute approximate surface area is 82.6 Å². The molecule has 0 aromatic carbocycles. The fourth-order valence-electron chi connectivity index (χ4n) is 1.96. The molecule has 0 spiro atoms. The molecule has 5 heteroatoms. The Bertz CT molecular complexity index is 263. The lowest BCUT2D eigenvalue weighted by Gasteiger charge is -2.22. The zero-order valence-corrected chi connectivity index (χ0v) is 8.03. The Morgan fingerprint density at radius 3 is 2.57 bits per heavy atom. The van der Waals surface area contributed by atoms with Crippen molar-refractivity contribution in [3.05, 3.63) is 0 Å². The third kappa shape index (κ3) is 1.59. The Kier molecular flexibility index (Phi) is 2.41. The number of amides is 2. The van der Waals surface area contributed by atoms with Crippen LogP contribution in [-0.2, 0) is 9.59 Å². The fraction of sp³-hybridized carbons (Fsp3) is 0.778. The van der Waals surface area contributed by atoms with Crippen molar-refractivity contribution in [2.75, 3.05) is 6.54 Å². The van der Waals surface area contributed by atoms with E-state index < -0.39 is 0 Å². The van der Waals surface area contributed by atoms with Gasteiger partial charge in [0.2, 0.25) is 5.91 Å². The quantitative estimate of drug-likeness (QED) is 0.352. The van der Waals surface area contributed by atoms with Crippen LogP contribution in [-0.4, -0.2) is 29.3 Å². The number of carbonyl (C=O) groups excluding carboxylic acids is 2. The van der Waals surface area contributed by atoms with Crippen LogP contribution in [0.1, 0.15) is 25.7 Å². The van der Waals surface area contributed by atoms with Gasteiger partial charge in [-0.25, -0.2) is 5.84 Å². The maximum absolute atomic E-state index is 11.7. The highest BCUT2D eigenvalue weighted by Gasteiger charge is 2.40. The molecule has 2 fully saturated rings. The Hall–Kier alpha value is -1.10. The number of hydrazine groups is 1. The van der Waals surface area contributed by atoms with E-state index in [1.807, 2.05) is 0 Å². The lowest BCUT2D eigenvalue weighted by molar-refractivity contribution is -0.139. The number of likely N-dealkylation sites (tertiary alicyclic amines) is 1. The summed E-state index contributed by atoms with van der Waals surface area (Å²) < 4.78 is 0. The summed E-state index contributed by atoms with van der Waals surface area (Å²) in [5.74, 6) is 5.15. The second kappa shape index (κ2) is 3.57. The van der Waals surface area contributed by atoms with Crippen molar-refractivity contribution in [2.45, 2.75) is 31.7 Å². The van der Waals surface area contributed by atoms with Gasteiger partial charge in [-0.05, 0) is 25.7 Å². The molecule has 14 heavy (non-hydrogen) atoms. The molecule has 5 nitrogen and oxygen atoms in total. The number of nitrogens with zero attached hydrogens (tertiary/aromatic N) is 1. The third-order valence-electron chi connectivity index (χ3n) is 2.91. The maximum atomic E-state index is 11.7. The zero-order chi connectivity index (χ0) is 10.1. The summed E-state index contributed by atoms with van der Waals surface area (Å²) in [4.78, 5) is 24.8. The van der Waals surface area contributed by atoms with E-state index in [1.165, 1.54) is 0 Å². The van der Waals surface area contributed by atoms with Gasteiger partial charge in [-0.1, -0.05) is 0 Å². The predicted molar refractivity (Wildman–Crippen MR) is 49.8 cm³/mol. The van der Waals surface area contributed by atoms with Crippen molar-refractivity contribution in [3.63, 3.8) is 0 Å². The van der Waals surface area contributed by atoms with Crippen molar-refractivity contribution in [3.8, 4) is 0 Å². The summed E-state index contributed by atoms with van der Waals surface area (Å²) >= 11 is 0. The molecule has 1 atom stereocenters. The molecule has 0 radical (unpaired) electrons. The number of carbonyl (C=O) groups is 2. The Morgan fingerprint density at radius 2 is 2.00 bits per heavy atom. The highest BCUT2D eigenvalue weighted by molar-refractivity contribution is 5.89. The number of rotatable bonds is 2. The van der Waals surface area contributed by atoms with Crippen LogP contribution in [0.5, 0.6) is 0 Å². The molecule has 2 aliphatic rings. The molecule has 1 aliphatic heterocycles. The van der Waals surface area contributed by atoms with Crippen LogP contribution in [0, 0.1) is 5.92 Å². The fourth-order valence-corrected chi connectivity index (χ4v) is 1.96. The normalized spacial score (nSPS) is 26.4. The van der Waals surface area contributed by atoms with Crippen molar-refractivity contribution < 1.29 is 9.59 Å². The summed E-state index contributed by atoms with van der Waals surface area (Å²) in [7, 11) is 0. The van der Waals surface area contributed by atoms with E-state index in [-0.39, 0.29) is 23.8 Å². The van der Waals surface area contributed by atoms with Crippen LogP contribution in [0.4, 0.5) is 0 Å². The number of nitrogens with one attached hydrogen (secondary N) is 1. The van der Waals surface area contributed by atoms with E-state index in [1.54, 1.807) is 4.90 Å². The Balaban J connectivity index is 2.02. The van der Waals surface area contributed by atoms with Crippen LogP contribution in [0.2, 0.25) is 0 Å². The minimum Gasteiger partial charge on any atom is -0.330 e. The molecule has 1 heterocycles. The zero-order valence-electron chi connectivity index (χ0n) is 8.03. The van der Waals surface area contributed by atoms with Gasteiger partial charge in [-0.3, -0.25) is 15.0 Å². The van der Waals surface area contributed by atoms with E-state index in [2.05, 4.69) is 5.43 Å². The lowest BCUT2D eigenvalue weighted by atomic mass is 10.2. The number of hydrogen-bond donors (Lipinski definition) is 2. The molecule has 1 unspecified atom stereocenters. The van der Waals surface area contributed by atoms with E-state index in [9.17, 15) is 9.59 Å². The molecular weight excluding hydrogens is 182 g/mol. The van der Waals surface area contributed by atoms with Gasteiger partial charge in [0.05, 0.1) is 0 Å². The maximum Gasteiger partial charge on any atom is 0.256 e. The largest absolute Gasteiger partial charge is 0.330 e. The molecule has 0 aromatic heterocycles. The van der Waals surface area contributed by atoms with Crippen molar-refractivity contribution >= 4 is 11.8 Å². The van der Waals surface area contributed by atoms with Gasteiger partial charge < -0.3 is 4.90 Å². The first kappa shape index (κ1) is 9.45.